The van der Waals surface area contributed by atoms with Crippen LogP contribution in [0, 0.1) is 18.3 Å². The summed E-state index contributed by atoms with van der Waals surface area (Å²) in [5.74, 6) is 0.898. The quantitative estimate of drug-likeness (QED) is 0.384. The number of benzene rings is 1. The van der Waals surface area contributed by atoms with Gasteiger partial charge in [-0.15, -0.1) is 6.42 Å². The van der Waals surface area contributed by atoms with Crippen molar-refractivity contribution in [2.24, 2.45) is 5.92 Å². The summed E-state index contributed by atoms with van der Waals surface area (Å²) in [6.07, 6.45) is 5.07. The number of nitrogens with one attached hydrogen (secondary N) is 2. The third-order valence-electron chi connectivity index (χ3n) is 5.19. The summed E-state index contributed by atoms with van der Waals surface area (Å²) < 4.78 is 10.0. The normalized spacial score (nSPS) is 13.1. The number of terminal acetylenes is 1. The van der Waals surface area contributed by atoms with Crippen molar-refractivity contribution in [3.63, 3.8) is 0 Å². The Bertz CT molecular complexity index is 997. The maximum atomic E-state index is 14.1. The van der Waals surface area contributed by atoms with Crippen molar-refractivity contribution >= 4 is 23.9 Å². The molecule has 2 N–H and O–H groups in total. The summed E-state index contributed by atoms with van der Waals surface area (Å²) in [5.41, 5.74) is -0.519. The number of methoxy groups -OCH3 is 1. The van der Waals surface area contributed by atoms with E-state index in [9.17, 15) is 19.2 Å². The molecule has 0 saturated heterocycles. The summed E-state index contributed by atoms with van der Waals surface area (Å²) >= 11 is 0. The van der Waals surface area contributed by atoms with E-state index in [1.54, 1.807) is 65.8 Å². The first kappa shape index (κ1) is 31.5. The molecule has 0 fully saturated rings. The van der Waals surface area contributed by atoms with Crippen LogP contribution in [0.5, 0.6) is 0 Å². The van der Waals surface area contributed by atoms with E-state index in [0.717, 1.165) is 0 Å². The van der Waals surface area contributed by atoms with Crippen molar-refractivity contribution < 1.29 is 28.7 Å². The molecule has 2 unspecified atom stereocenters. The number of hydrogen-bond donors (Lipinski definition) is 2. The molecule has 0 aliphatic heterocycles. The molecule has 9 heteroatoms. The Hall–Kier alpha value is -3.54. The fourth-order valence-electron chi connectivity index (χ4n) is 3.66. The molecule has 204 valence electrons. The lowest BCUT2D eigenvalue weighted by molar-refractivity contribution is -0.149. The van der Waals surface area contributed by atoms with Gasteiger partial charge in [0.15, 0.2) is 0 Å². The van der Waals surface area contributed by atoms with E-state index >= 15 is 0 Å². The predicted molar refractivity (Wildman–Crippen MR) is 141 cm³/mol. The number of nitrogens with zero attached hydrogens (tertiary/aromatic N) is 1. The Morgan fingerprint density at radius 2 is 1.59 bits per heavy atom. The number of hydrogen-bond acceptors (Lipinski definition) is 6. The Morgan fingerprint density at radius 1 is 1.03 bits per heavy atom. The molecule has 0 saturated carbocycles. The van der Waals surface area contributed by atoms with Gasteiger partial charge < -0.3 is 25.0 Å². The Labute approximate surface area is 220 Å². The second-order valence-electron chi connectivity index (χ2n) is 11.2. The van der Waals surface area contributed by atoms with Gasteiger partial charge in [0.25, 0.3) is 0 Å². The van der Waals surface area contributed by atoms with Crippen LogP contribution < -0.4 is 10.6 Å². The number of ether oxygens (including phenoxy) is 2. The molecule has 0 spiro atoms. The van der Waals surface area contributed by atoms with E-state index in [1.807, 2.05) is 13.8 Å². The van der Waals surface area contributed by atoms with E-state index in [1.165, 1.54) is 12.0 Å². The Balaban J connectivity index is 3.57. The number of alkyl carbamates (subject to hydrolysis) is 1. The molecule has 0 aromatic heterocycles. The van der Waals surface area contributed by atoms with Crippen LogP contribution in [0.1, 0.15) is 79.0 Å². The number of carbonyl (C=O) groups is 4. The standard InChI is InChI=1S/C28H41N3O6/c1-11-19-12-14-20(15-13-19)23(24(33)29-17-22(32)36-10)31(27(4,5)6)25(34)21(16-18(2)3)30-26(35)37-28(7,8)9/h1,12-15,18,21,23H,16-17H2,2-10H3,(H,29,33)(H,30,35). The van der Waals surface area contributed by atoms with Crippen molar-refractivity contribution in [3.8, 4) is 12.3 Å². The number of esters is 1. The number of carbonyl (C=O) groups excluding carboxylic acids is 4. The second-order valence-corrected chi connectivity index (χ2v) is 11.2. The third kappa shape index (κ3) is 10.2. The first-order valence-electron chi connectivity index (χ1n) is 12.2. The van der Waals surface area contributed by atoms with E-state index in [2.05, 4.69) is 21.3 Å². The summed E-state index contributed by atoms with van der Waals surface area (Å²) in [7, 11) is 1.22. The van der Waals surface area contributed by atoms with Crippen molar-refractivity contribution in [3.05, 3.63) is 35.4 Å². The Morgan fingerprint density at radius 3 is 2.03 bits per heavy atom. The maximum Gasteiger partial charge on any atom is 0.408 e. The van der Waals surface area contributed by atoms with Gasteiger partial charge in [-0.25, -0.2) is 4.79 Å². The van der Waals surface area contributed by atoms with Gasteiger partial charge in [-0.3, -0.25) is 14.4 Å². The summed E-state index contributed by atoms with van der Waals surface area (Å²) in [4.78, 5) is 53.4. The van der Waals surface area contributed by atoms with Gasteiger partial charge in [0, 0.05) is 11.1 Å². The highest BCUT2D eigenvalue weighted by atomic mass is 16.6. The van der Waals surface area contributed by atoms with Gasteiger partial charge in [0.1, 0.15) is 24.2 Å². The van der Waals surface area contributed by atoms with Gasteiger partial charge in [0.2, 0.25) is 11.8 Å². The van der Waals surface area contributed by atoms with Crippen LogP contribution in [0.3, 0.4) is 0 Å². The van der Waals surface area contributed by atoms with Crippen LogP contribution in [-0.2, 0) is 23.9 Å². The lowest BCUT2D eigenvalue weighted by Gasteiger charge is -2.43. The predicted octanol–water partition coefficient (Wildman–Crippen LogP) is 3.56. The number of rotatable bonds is 9. The van der Waals surface area contributed by atoms with Crippen LogP contribution in [-0.4, -0.2) is 59.6 Å². The molecule has 0 bridgehead atoms. The average molecular weight is 516 g/mol. The molecule has 0 heterocycles. The summed E-state index contributed by atoms with van der Waals surface area (Å²) in [6.45, 7) is 14.1. The largest absolute Gasteiger partial charge is 0.468 e. The smallest absolute Gasteiger partial charge is 0.408 e. The molecule has 1 aromatic carbocycles. The van der Waals surface area contributed by atoms with Crippen LogP contribution in [0.25, 0.3) is 0 Å². The van der Waals surface area contributed by atoms with Crippen LogP contribution in [0.2, 0.25) is 0 Å². The SMILES string of the molecule is C#Cc1ccc(C(C(=O)NCC(=O)OC)N(C(=O)C(CC(C)C)NC(=O)OC(C)(C)C)C(C)(C)C)cc1. The maximum absolute atomic E-state index is 14.1. The van der Waals surface area contributed by atoms with Crippen molar-refractivity contribution in [1.82, 2.24) is 15.5 Å². The second kappa shape index (κ2) is 13.1. The molecule has 1 aromatic rings. The van der Waals surface area contributed by atoms with E-state index in [-0.39, 0.29) is 12.5 Å². The minimum Gasteiger partial charge on any atom is -0.468 e. The molecule has 1 rings (SSSR count). The lowest BCUT2D eigenvalue weighted by atomic mass is 9.93. The molecular weight excluding hydrogens is 474 g/mol. The van der Waals surface area contributed by atoms with Crippen LogP contribution >= 0.6 is 0 Å². The zero-order chi connectivity index (χ0) is 28.6. The zero-order valence-electron chi connectivity index (χ0n) is 23.4. The first-order chi connectivity index (χ1) is 17.0. The van der Waals surface area contributed by atoms with E-state index < -0.39 is 47.1 Å². The van der Waals surface area contributed by atoms with E-state index in [4.69, 9.17) is 11.2 Å². The average Bonchev–Trinajstić information content (AvgIpc) is 2.77. The molecule has 9 nitrogen and oxygen atoms in total. The summed E-state index contributed by atoms with van der Waals surface area (Å²) in [5, 5.41) is 5.26. The van der Waals surface area contributed by atoms with Crippen molar-refractivity contribution in [2.75, 3.05) is 13.7 Å². The fourth-order valence-corrected chi connectivity index (χ4v) is 3.66. The minimum atomic E-state index is -1.13. The molecule has 0 aliphatic rings. The van der Waals surface area contributed by atoms with Crippen molar-refractivity contribution in [2.45, 2.75) is 85.0 Å². The minimum absolute atomic E-state index is 0.0484. The van der Waals surface area contributed by atoms with E-state index in [0.29, 0.717) is 17.5 Å². The molecule has 3 amide bonds. The monoisotopic (exact) mass is 515 g/mol. The van der Waals surface area contributed by atoms with Gasteiger partial charge >= 0.3 is 12.1 Å². The topological polar surface area (TPSA) is 114 Å². The highest BCUT2D eigenvalue weighted by molar-refractivity contribution is 5.93. The van der Waals surface area contributed by atoms with Crippen LogP contribution in [0.15, 0.2) is 24.3 Å². The zero-order valence-corrected chi connectivity index (χ0v) is 23.4. The van der Waals surface area contributed by atoms with Gasteiger partial charge in [-0.2, -0.15) is 0 Å². The van der Waals surface area contributed by atoms with Gasteiger partial charge in [-0.05, 0) is 71.6 Å². The van der Waals surface area contributed by atoms with Crippen molar-refractivity contribution in [1.29, 1.82) is 0 Å². The van der Waals surface area contributed by atoms with Gasteiger partial charge in [0.05, 0.1) is 7.11 Å². The number of amides is 3. The molecule has 2 atom stereocenters. The molecule has 0 aliphatic carbocycles. The first-order valence-corrected chi connectivity index (χ1v) is 12.2. The van der Waals surface area contributed by atoms with Gasteiger partial charge in [-0.1, -0.05) is 31.9 Å². The Kier molecular flexibility index (Phi) is 11.2. The highest BCUT2D eigenvalue weighted by Gasteiger charge is 2.42. The summed E-state index contributed by atoms with van der Waals surface area (Å²) in [6, 6.07) is 4.59. The molecule has 0 radical (unpaired) electrons. The fraction of sp³-hybridized carbons (Fsp3) is 0.571. The third-order valence-corrected chi connectivity index (χ3v) is 5.19. The van der Waals surface area contributed by atoms with Crippen LogP contribution in [0.4, 0.5) is 4.79 Å². The molecular formula is C28H41N3O6. The highest BCUT2D eigenvalue weighted by Crippen LogP contribution is 2.31. The lowest BCUT2D eigenvalue weighted by Crippen LogP contribution is -2.59. The molecule has 37 heavy (non-hydrogen) atoms.